The molecule has 1 aromatic carbocycles. The number of nitrogens with zero attached hydrogens (tertiary/aromatic N) is 1. The molecule has 1 aromatic rings. The maximum Gasteiger partial charge on any atom is 1.00 e. The van der Waals surface area contributed by atoms with Crippen molar-refractivity contribution >= 4 is 13.3 Å². The van der Waals surface area contributed by atoms with E-state index in [2.05, 4.69) is 0 Å². The van der Waals surface area contributed by atoms with Gasteiger partial charge in [0.25, 0.3) is 5.69 Å². The Kier molecular flexibility index (Phi) is 9.53. The molecule has 0 N–H and O–H groups in total. The van der Waals surface area contributed by atoms with Crippen molar-refractivity contribution < 1.29 is 78.4 Å². The first kappa shape index (κ1) is 19.1. The van der Waals surface area contributed by atoms with Crippen LogP contribution in [0.3, 0.4) is 0 Å². The minimum absolute atomic E-state index is 0. The molecule has 0 spiro atoms. The summed E-state index contributed by atoms with van der Waals surface area (Å²) in [5, 5.41) is 10.2. The van der Waals surface area contributed by atoms with Crippen LogP contribution in [0.15, 0.2) is 24.3 Å². The van der Waals surface area contributed by atoms with Crippen molar-refractivity contribution in [2.75, 3.05) is 0 Å². The summed E-state index contributed by atoms with van der Waals surface area (Å²) in [4.78, 5) is 30.3. The first-order chi connectivity index (χ1) is 6.38. The van der Waals surface area contributed by atoms with Crippen molar-refractivity contribution in [3.05, 3.63) is 39.9 Å². The van der Waals surface area contributed by atoms with Crippen molar-refractivity contribution in [1.82, 2.24) is 0 Å². The van der Waals surface area contributed by atoms with Crippen LogP contribution in [-0.4, -0.2) is 4.92 Å². The minimum Gasteiger partial charge on any atom is -0.810 e. The van der Waals surface area contributed by atoms with Crippen molar-refractivity contribution in [3.63, 3.8) is 0 Å². The smallest absolute Gasteiger partial charge is 0.810 e. The first-order valence-electron chi connectivity index (χ1n) is 3.63. The van der Waals surface area contributed by atoms with Crippen LogP contribution in [0.1, 0.15) is 5.56 Å². The summed E-state index contributed by atoms with van der Waals surface area (Å²) < 4.78 is 10.4. The van der Waals surface area contributed by atoms with Gasteiger partial charge in [0.2, 0.25) is 0 Å². The van der Waals surface area contributed by atoms with Crippen LogP contribution in [0.5, 0.6) is 0 Å². The van der Waals surface area contributed by atoms with E-state index < -0.39 is 18.7 Å². The maximum absolute atomic E-state index is 10.4. The molecule has 0 unspecified atom stereocenters. The van der Waals surface area contributed by atoms with E-state index in [4.69, 9.17) is 0 Å². The molecule has 0 aromatic heterocycles. The van der Waals surface area contributed by atoms with Gasteiger partial charge in [0, 0.05) is 18.3 Å². The van der Waals surface area contributed by atoms with Crippen molar-refractivity contribution in [3.8, 4) is 0 Å². The van der Waals surface area contributed by atoms with Crippen LogP contribution in [0.2, 0.25) is 0 Å². The molecule has 0 atom stereocenters. The molecule has 0 amide bonds. The third-order valence-corrected chi connectivity index (χ3v) is 2.28. The Labute approximate surface area is 136 Å². The molecule has 1 rings (SSSR count). The van der Waals surface area contributed by atoms with Gasteiger partial charge in [0.05, 0.1) is 4.92 Å². The maximum atomic E-state index is 10.4. The van der Waals surface area contributed by atoms with Crippen molar-refractivity contribution in [2.45, 2.75) is 6.16 Å². The molecule has 0 saturated carbocycles. The monoisotopic (exact) mass is 261 g/mol. The van der Waals surface area contributed by atoms with E-state index in [1.165, 1.54) is 12.1 Å². The Morgan fingerprint density at radius 1 is 1.12 bits per heavy atom. The minimum atomic E-state index is -4.60. The molecule has 16 heavy (non-hydrogen) atoms. The van der Waals surface area contributed by atoms with E-state index in [0.717, 1.165) is 12.1 Å². The topological polar surface area (TPSA) is 106 Å². The van der Waals surface area contributed by atoms with E-state index in [1.807, 2.05) is 0 Å². The molecule has 0 saturated heterocycles. The number of hydrogen-bond acceptors (Lipinski definition) is 5. The van der Waals surface area contributed by atoms with E-state index >= 15 is 0 Å². The van der Waals surface area contributed by atoms with Crippen LogP contribution in [0, 0.1) is 10.1 Å². The normalized spacial score (nSPS) is 9.88. The van der Waals surface area contributed by atoms with Gasteiger partial charge >= 0.3 is 59.1 Å². The second-order valence-electron chi connectivity index (χ2n) is 2.69. The molecule has 0 radical (unpaired) electrons. The van der Waals surface area contributed by atoms with Gasteiger partial charge in [-0.15, -0.1) is 0 Å². The number of nitro benzene ring substituents is 1. The molecular formula is C7H6NNa2O5P. The zero-order chi connectivity index (χ0) is 10.8. The van der Waals surface area contributed by atoms with Crippen LogP contribution in [-0.2, 0) is 10.7 Å². The second-order valence-corrected chi connectivity index (χ2v) is 4.23. The Balaban J connectivity index is 0. The van der Waals surface area contributed by atoms with E-state index in [0.29, 0.717) is 0 Å². The van der Waals surface area contributed by atoms with Crippen LogP contribution in [0.4, 0.5) is 5.69 Å². The van der Waals surface area contributed by atoms with E-state index in [9.17, 15) is 24.5 Å². The first-order valence-corrected chi connectivity index (χ1v) is 5.36. The van der Waals surface area contributed by atoms with Gasteiger partial charge in [0.1, 0.15) is 0 Å². The molecule has 76 valence electrons. The van der Waals surface area contributed by atoms with Gasteiger partial charge in [0.15, 0.2) is 0 Å². The molecule has 0 fully saturated rings. The number of non-ortho nitro benzene ring substituents is 1. The third kappa shape index (κ3) is 7.17. The standard InChI is InChI=1S/C7H8NO5P.2Na/c9-8(10)7-3-1-6(2-4-7)5-14(11,12)13;;/h1-4H,5H2,(H2,11,12,13);;/q;2*+1/p-2. The van der Waals surface area contributed by atoms with Gasteiger partial charge in [-0.05, 0) is 5.56 Å². The summed E-state index contributed by atoms with van der Waals surface area (Å²) >= 11 is 0. The summed E-state index contributed by atoms with van der Waals surface area (Å²) in [6.07, 6.45) is -0.620. The van der Waals surface area contributed by atoms with Crippen LogP contribution < -0.4 is 68.9 Å². The zero-order valence-corrected chi connectivity index (χ0v) is 13.8. The SMILES string of the molecule is O=[N+]([O-])c1ccc(CP(=O)([O-])[O-])cc1.[Na+].[Na+]. The molecule has 6 nitrogen and oxygen atoms in total. The fourth-order valence-electron chi connectivity index (χ4n) is 0.947. The second kappa shape index (κ2) is 7.97. The Hall–Kier alpha value is 0.770. The molecule has 0 aliphatic rings. The fraction of sp³-hybridized carbons (Fsp3) is 0.143. The summed E-state index contributed by atoms with van der Waals surface area (Å²) in [6.45, 7) is 0. The molecule has 0 bridgehead atoms. The van der Waals surface area contributed by atoms with Gasteiger partial charge in [-0.2, -0.15) is 0 Å². The fourth-order valence-corrected chi connectivity index (χ4v) is 1.60. The molecule has 9 heteroatoms. The summed E-state index contributed by atoms with van der Waals surface area (Å²) in [6, 6.07) is 4.82. The largest absolute Gasteiger partial charge is 1.00 e. The van der Waals surface area contributed by atoms with Crippen LogP contribution in [0.25, 0.3) is 0 Å². The number of rotatable bonds is 3. The molecular weight excluding hydrogens is 255 g/mol. The average Bonchev–Trinajstić information content (AvgIpc) is 2.02. The number of nitro groups is 1. The molecule has 0 heterocycles. The van der Waals surface area contributed by atoms with Gasteiger partial charge in [-0.25, -0.2) is 0 Å². The predicted molar refractivity (Wildman–Crippen MR) is 44.4 cm³/mol. The summed E-state index contributed by atoms with van der Waals surface area (Å²) in [5.74, 6) is 0. The average molecular weight is 261 g/mol. The quantitative estimate of drug-likeness (QED) is 0.233. The van der Waals surface area contributed by atoms with Crippen molar-refractivity contribution in [1.29, 1.82) is 0 Å². The van der Waals surface area contributed by atoms with Gasteiger partial charge < -0.3 is 14.4 Å². The van der Waals surface area contributed by atoms with E-state index in [-0.39, 0.29) is 70.4 Å². The van der Waals surface area contributed by atoms with Gasteiger partial charge in [-0.3, -0.25) is 10.1 Å². The van der Waals surface area contributed by atoms with E-state index in [1.54, 1.807) is 0 Å². The number of benzene rings is 1. The van der Waals surface area contributed by atoms with Crippen molar-refractivity contribution in [2.24, 2.45) is 0 Å². The third-order valence-electron chi connectivity index (χ3n) is 1.52. The summed E-state index contributed by atoms with van der Waals surface area (Å²) in [5.41, 5.74) is 0.115. The Bertz CT molecular complexity index is 390. The molecule has 0 aliphatic carbocycles. The Morgan fingerprint density at radius 3 is 1.88 bits per heavy atom. The predicted octanol–water partition coefficient (Wildman–Crippen LogP) is -5.98. The van der Waals surface area contributed by atoms with Gasteiger partial charge in [-0.1, -0.05) is 19.7 Å². The Morgan fingerprint density at radius 2 is 1.56 bits per heavy atom. The zero-order valence-electron chi connectivity index (χ0n) is 8.95. The number of hydrogen-bond donors (Lipinski definition) is 0. The van der Waals surface area contributed by atoms with Crippen LogP contribution >= 0.6 is 7.60 Å². The summed E-state index contributed by atoms with van der Waals surface area (Å²) in [7, 11) is -4.60. The molecule has 0 aliphatic heterocycles.